The van der Waals surface area contributed by atoms with Crippen LogP contribution in [0, 0.1) is 10.1 Å². The van der Waals surface area contributed by atoms with Crippen LogP contribution in [0.2, 0.25) is 0 Å². The van der Waals surface area contributed by atoms with E-state index in [1.54, 1.807) is 0 Å². The molecule has 13 heteroatoms. The second kappa shape index (κ2) is 5.99. The fourth-order valence-corrected chi connectivity index (χ4v) is 2.26. The molecule has 2 rings (SSSR count). The molecule has 128 valence electrons. The SMILES string of the molecule is CS(=O)(=O)c1nnc(C(F)(F)F)n1/N=C/c1cccc([N+](=O)[O-])c1. The number of hydrogen-bond donors (Lipinski definition) is 0. The fourth-order valence-electron chi connectivity index (χ4n) is 1.62. The number of hydrogen-bond acceptors (Lipinski definition) is 7. The van der Waals surface area contributed by atoms with Gasteiger partial charge in [-0.2, -0.15) is 22.9 Å². The molecule has 0 atom stereocenters. The van der Waals surface area contributed by atoms with Gasteiger partial charge in [-0.1, -0.05) is 12.1 Å². The van der Waals surface area contributed by atoms with Crippen molar-refractivity contribution in [2.45, 2.75) is 11.3 Å². The third kappa shape index (κ3) is 3.73. The number of aromatic nitrogens is 3. The molecule has 24 heavy (non-hydrogen) atoms. The molecule has 0 spiro atoms. The van der Waals surface area contributed by atoms with E-state index in [9.17, 15) is 31.7 Å². The molecular formula is C11H8F3N5O4S. The van der Waals surface area contributed by atoms with Gasteiger partial charge in [-0.05, 0) is 0 Å². The van der Waals surface area contributed by atoms with E-state index in [0.717, 1.165) is 12.3 Å². The van der Waals surface area contributed by atoms with Crippen molar-refractivity contribution in [3.63, 3.8) is 0 Å². The van der Waals surface area contributed by atoms with Crippen molar-refractivity contribution in [3.8, 4) is 0 Å². The number of sulfone groups is 1. The quantitative estimate of drug-likeness (QED) is 0.461. The second-order valence-electron chi connectivity index (χ2n) is 4.48. The number of non-ortho nitro benzene ring substituents is 1. The summed E-state index contributed by atoms with van der Waals surface area (Å²) in [6.45, 7) is 0. The predicted octanol–water partition coefficient (Wildman–Crippen LogP) is 1.49. The van der Waals surface area contributed by atoms with Crippen LogP contribution in [0.1, 0.15) is 11.4 Å². The van der Waals surface area contributed by atoms with Crippen LogP contribution in [-0.4, -0.2) is 40.7 Å². The Bertz CT molecular complexity index is 920. The van der Waals surface area contributed by atoms with Gasteiger partial charge >= 0.3 is 6.18 Å². The van der Waals surface area contributed by atoms with Gasteiger partial charge in [-0.15, -0.1) is 10.2 Å². The molecule has 0 saturated carbocycles. The summed E-state index contributed by atoms with van der Waals surface area (Å²) < 4.78 is 61.6. The summed E-state index contributed by atoms with van der Waals surface area (Å²) in [4.78, 5) is 9.97. The highest BCUT2D eigenvalue weighted by molar-refractivity contribution is 7.90. The maximum Gasteiger partial charge on any atom is 0.453 e. The zero-order valence-electron chi connectivity index (χ0n) is 11.8. The molecule has 0 aliphatic carbocycles. The largest absolute Gasteiger partial charge is 0.453 e. The molecule has 2 aromatic rings. The molecule has 0 saturated heterocycles. The van der Waals surface area contributed by atoms with Gasteiger partial charge in [0.2, 0.25) is 9.84 Å². The van der Waals surface area contributed by atoms with Gasteiger partial charge in [-0.3, -0.25) is 10.1 Å². The van der Waals surface area contributed by atoms with E-state index >= 15 is 0 Å². The van der Waals surface area contributed by atoms with Crippen molar-refractivity contribution >= 4 is 21.7 Å². The molecule has 9 nitrogen and oxygen atoms in total. The Balaban J connectivity index is 2.54. The minimum atomic E-state index is -4.99. The molecular weight excluding hydrogens is 355 g/mol. The van der Waals surface area contributed by atoms with E-state index < -0.39 is 31.9 Å². The third-order valence-electron chi connectivity index (χ3n) is 2.60. The van der Waals surface area contributed by atoms with Crippen molar-refractivity contribution in [3.05, 3.63) is 45.8 Å². The first kappa shape index (κ1) is 17.5. The average Bonchev–Trinajstić information content (AvgIpc) is 2.89. The summed E-state index contributed by atoms with van der Waals surface area (Å²) in [7, 11) is -4.13. The second-order valence-corrected chi connectivity index (χ2v) is 6.39. The standard InChI is InChI=1S/C11H8F3N5O4S/c1-24(22,23)10-17-16-9(11(12,13)14)18(10)15-6-7-3-2-4-8(5-7)19(20)21/h2-6H,1H3/b15-6+. The maximum absolute atomic E-state index is 12.9. The molecule has 0 unspecified atom stereocenters. The number of benzene rings is 1. The van der Waals surface area contributed by atoms with Crippen LogP contribution in [0.15, 0.2) is 34.5 Å². The molecule has 0 N–H and O–H groups in total. The Morgan fingerprint density at radius 3 is 2.54 bits per heavy atom. The van der Waals surface area contributed by atoms with Crippen LogP contribution >= 0.6 is 0 Å². The van der Waals surface area contributed by atoms with Gasteiger partial charge in [-0.25, -0.2) is 8.42 Å². The Morgan fingerprint density at radius 2 is 2.00 bits per heavy atom. The lowest BCUT2D eigenvalue weighted by Gasteiger charge is -2.05. The van der Waals surface area contributed by atoms with Crippen LogP contribution in [0.3, 0.4) is 0 Å². The lowest BCUT2D eigenvalue weighted by molar-refractivity contribution is -0.384. The Morgan fingerprint density at radius 1 is 1.33 bits per heavy atom. The lowest BCUT2D eigenvalue weighted by Crippen LogP contribution is -2.15. The van der Waals surface area contributed by atoms with Crippen molar-refractivity contribution in [2.75, 3.05) is 6.26 Å². The van der Waals surface area contributed by atoms with E-state index in [2.05, 4.69) is 15.3 Å². The van der Waals surface area contributed by atoms with E-state index in [1.165, 1.54) is 18.2 Å². The smallest absolute Gasteiger partial charge is 0.258 e. The van der Waals surface area contributed by atoms with Gasteiger partial charge in [0.05, 0.1) is 11.1 Å². The van der Waals surface area contributed by atoms with E-state index in [0.29, 0.717) is 6.26 Å². The van der Waals surface area contributed by atoms with E-state index in [4.69, 9.17) is 0 Å². The zero-order valence-corrected chi connectivity index (χ0v) is 12.6. The molecule has 0 amide bonds. The minimum absolute atomic E-state index is 0.0220. The normalized spacial score (nSPS) is 12.7. The molecule has 0 fully saturated rings. The maximum atomic E-state index is 12.9. The third-order valence-corrected chi connectivity index (χ3v) is 3.52. The first-order valence-electron chi connectivity index (χ1n) is 6.01. The average molecular weight is 363 g/mol. The first-order valence-corrected chi connectivity index (χ1v) is 7.91. The Hall–Kier alpha value is -2.83. The van der Waals surface area contributed by atoms with Crippen molar-refractivity contribution < 1.29 is 26.5 Å². The van der Waals surface area contributed by atoms with Crippen molar-refractivity contribution in [1.82, 2.24) is 14.9 Å². The topological polar surface area (TPSA) is 120 Å². The summed E-state index contributed by atoms with van der Waals surface area (Å²) in [6, 6.07) is 4.88. The number of rotatable bonds is 4. The molecule has 0 aliphatic rings. The summed E-state index contributed by atoms with van der Waals surface area (Å²) in [5.74, 6) is -1.63. The van der Waals surface area contributed by atoms with Gasteiger partial charge in [0.15, 0.2) is 0 Å². The lowest BCUT2D eigenvalue weighted by atomic mass is 10.2. The molecule has 0 bridgehead atoms. The van der Waals surface area contributed by atoms with Gasteiger partial charge in [0, 0.05) is 24.0 Å². The molecule has 0 radical (unpaired) electrons. The van der Waals surface area contributed by atoms with Gasteiger partial charge < -0.3 is 0 Å². The van der Waals surface area contributed by atoms with Crippen LogP contribution < -0.4 is 0 Å². The number of nitro benzene ring substituents is 1. The highest BCUT2D eigenvalue weighted by Crippen LogP contribution is 2.29. The van der Waals surface area contributed by atoms with Crippen molar-refractivity contribution in [1.29, 1.82) is 0 Å². The van der Waals surface area contributed by atoms with Crippen LogP contribution in [0.25, 0.3) is 0 Å². The molecule has 1 heterocycles. The monoisotopic (exact) mass is 363 g/mol. The highest BCUT2D eigenvalue weighted by atomic mass is 32.2. The first-order chi connectivity index (χ1) is 11.0. The summed E-state index contributed by atoms with van der Waals surface area (Å²) in [5.41, 5.74) is -0.215. The van der Waals surface area contributed by atoms with Gasteiger partial charge in [0.25, 0.3) is 16.7 Å². The number of alkyl halides is 3. The number of halogens is 3. The molecule has 1 aromatic carbocycles. The van der Waals surface area contributed by atoms with Crippen LogP contribution in [-0.2, 0) is 16.0 Å². The zero-order chi connectivity index (χ0) is 18.1. The van der Waals surface area contributed by atoms with Crippen LogP contribution in [0.4, 0.5) is 18.9 Å². The number of nitrogens with zero attached hydrogens (tertiary/aromatic N) is 5. The summed E-state index contributed by atoms with van der Waals surface area (Å²) >= 11 is 0. The molecule has 1 aromatic heterocycles. The van der Waals surface area contributed by atoms with Crippen LogP contribution in [0.5, 0.6) is 0 Å². The summed E-state index contributed by atoms with van der Waals surface area (Å²) in [5, 5.41) is 18.9. The Kier molecular flexibility index (Phi) is 4.38. The predicted molar refractivity (Wildman–Crippen MR) is 74.2 cm³/mol. The van der Waals surface area contributed by atoms with E-state index in [1.807, 2.05) is 0 Å². The van der Waals surface area contributed by atoms with E-state index in [-0.39, 0.29) is 15.9 Å². The molecule has 0 aliphatic heterocycles. The highest BCUT2D eigenvalue weighted by Gasteiger charge is 2.40. The Labute approximate surface area is 132 Å². The van der Waals surface area contributed by atoms with Crippen molar-refractivity contribution in [2.24, 2.45) is 5.10 Å². The fraction of sp³-hybridized carbons (Fsp3) is 0.182. The van der Waals surface area contributed by atoms with Gasteiger partial charge in [0.1, 0.15) is 0 Å². The number of nitro groups is 1. The summed E-state index contributed by atoms with van der Waals surface area (Å²) in [6.07, 6.45) is -3.51. The minimum Gasteiger partial charge on any atom is -0.258 e.